The van der Waals surface area contributed by atoms with Gasteiger partial charge in [-0.05, 0) is 42.0 Å². The average molecular weight is 412 g/mol. The molecule has 0 saturated carbocycles. The lowest BCUT2D eigenvalue weighted by Gasteiger charge is -2.36. The number of hydrogen-bond donors (Lipinski definition) is 0. The van der Waals surface area contributed by atoms with Crippen LogP contribution in [0.3, 0.4) is 0 Å². The van der Waals surface area contributed by atoms with E-state index in [0.29, 0.717) is 25.3 Å². The molecule has 5 rings (SSSR count). The summed E-state index contributed by atoms with van der Waals surface area (Å²) in [5.74, 6) is 0.946. The minimum Gasteiger partial charge on any atom is -0.492 e. The fraction of sp³-hybridized carbons (Fsp3) is 0.231. The Morgan fingerprint density at radius 3 is 2.52 bits per heavy atom. The molecule has 0 spiro atoms. The number of nitrogens with zero attached hydrogens (tertiary/aromatic N) is 3. The van der Waals surface area contributed by atoms with Crippen LogP contribution in [0.5, 0.6) is 5.75 Å². The van der Waals surface area contributed by atoms with Crippen LogP contribution in [-0.2, 0) is 0 Å². The molecule has 1 amide bonds. The highest BCUT2D eigenvalue weighted by Gasteiger charge is 2.25. The summed E-state index contributed by atoms with van der Waals surface area (Å²) in [6, 6.07) is 22.2. The molecule has 1 fully saturated rings. The molecule has 4 aromatic rings. The maximum atomic E-state index is 13.5. The molecule has 3 aromatic carbocycles. The number of rotatable bonds is 4. The van der Waals surface area contributed by atoms with Crippen LogP contribution in [-0.4, -0.2) is 48.6 Å². The zero-order chi connectivity index (χ0) is 21.2. The Kier molecular flexibility index (Phi) is 5.16. The smallest absolute Gasteiger partial charge is 0.256 e. The molecule has 2 heterocycles. The molecule has 0 bridgehead atoms. The first-order valence-corrected chi connectivity index (χ1v) is 10.8. The van der Waals surface area contributed by atoms with E-state index in [1.165, 1.54) is 0 Å². The minimum atomic E-state index is 0.0483. The van der Waals surface area contributed by atoms with E-state index >= 15 is 0 Å². The lowest BCUT2D eigenvalue weighted by atomic mass is 10.00. The zero-order valence-electron chi connectivity index (χ0n) is 17.6. The number of carbonyl (C=O) groups excluding carboxylic acids is 1. The first kappa shape index (κ1) is 19.4. The van der Waals surface area contributed by atoms with Crippen LogP contribution in [0.1, 0.15) is 17.3 Å². The third-order valence-corrected chi connectivity index (χ3v) is 5.92. The van der Waals surface area contributed by atoms with E-state index < -0.39 is 0 Å². The number of ether oxygens (including phenoxy) is 1. The van der Waals surface area contributed by atoms with E-state index in [1.54, 1.807) is 6.20 Å². The molecule has 1 aliphatic heterocycles. The summed E-state index contributed by atoms with van der Waals surface area (Å²) in [4.78, 5) is 22.3. The molecule has 156 valence electrons. The summed E-state index contributed by atoms with van der Waals surface area (Å²) in [6.45, 7) is 5.51. The van der Waals surface area contributed by atoms with Crippen LogP contribution in [0.4, 0.5) is 5.69 Å². The number of anilines is 1. The van der Waals surface area contributed by atoms with Gasteiger partial charge in [-0.15, -0.1) is 0 Å². The Balaban J connectivity index is 1.42. The normalized spacial score (nSPS) is 14.2. The van der Waals surface area contributed by atoms with Crippen LogP contribution < -0.4 is 9.64 Å². The van der Waals surface area contributed by atoms with Crippen LogP contribution in [0.2, 0.25) is 0 Å². The number of amides is 1. The van der Waals surface area contributed by atoms with E-state index in [0.717, 1.165) is 46.2 Å². The minimum absolute atomic E-state index is 0.0483. The molecule has 31 heavy (non-hydrogen) atoms. The van der Waals surface area contributed by atoms with Gasteiger partial charge < -0.3 is 14.5 Å². The Bertz CT molecular complexity index is 1250. The molecule has 0 N–H and O–H groups in total. The number of hydrogen-bond acceptors (Lipinski definition) is 4. The first-order chi connectivity index (χ1) is 15.3. The third kappa shape index (κ3) is 3.56. The topological polar surface area (TPSA) is 45.7 Å². The number of pyridine rings is 1. The number of fused-ring (bicyclic) bond motifs is 3. The maximum Gasteiger partial charge on any atom is 0.256 e. The van der Waals surface area contributed by atoms with Gasteiger partial charge in [-0.1, -0.05) is 42.5 Å². The van der Waals surface area contributed by atoms with E-state index in [1.807, 2.05) is 60.4 Å². The van der Waals surface area contributed by atoms with Crippen molar-refractivity contribution in [1.82, 2.24) is 9.88 Å². The highest BCUT2D eigenvalue weighted by Crippen LogP contribution is 2.31. The van der Waals surface area contributed by atoms with Crippen molar-refractivity contribution >= 4 is 33.3 Å². The second kappa shape index (κ2) is 8.26. The highest BCUT2D eigenvalue weighted by atomic mass is 16.5. The fourth-order valence-corrected chi connectivity index (χ4v) is 4.41. The molecule has 0 unspecified atom stereocenters. The van der Waals surface area contributed by atoms with Gasteiger partial charge >= 0.3 is 0 Å². The van der Waals surface area contributed by atoms with Gasteiger partial charge in [0.25, 0.3) is 5.91 Å². The standard InChI is InChI=1S/C26H25N3O2/c1-2-31-24-12-6-5-11-23(24)28-14-16-29(17-15-28)26(30)22-18-19-8-3-4-9-20(19)21-10-7-13-27-25(21)22/h3-13,18H,2,14-17H2,1H3. The van der Waals surface area contributed by atoms with Crippen LogP contribution in [0.25, 0.3) is 21.7 Å². The van der Waals surface area contributed by atoms with Crippen LogP contribution >= 0.6 is 0 Å². The lowest BCUT2D eigenvalue weighted by Crippen LogP contribution is -2.49. The van der Waals surface area contributed by atoms with Crippen molar-refractivity contribution in [2.24, 2.45) is 0 Å². The van der Waals surface area contributed by atoms with Crippen molar-refractivity contribution in [3.63, 3.8) is 0 Å². The number of carbonyl (C=O) groups is 1. The monoisotopic (exact) mass is 411 g/mol. The average Bonchev–Trinajstić information content (AvgIpc) is 2.84. The summed E-state index contributed by atoms with van der Waals surface area (Å²) in [7, 11) is 0. The van der Waals surface area contributed by atoms with Crippen molar-refractivity contribution in [1.29, 1.82) is 0 Å². The van der Waals surface area contributed by atoms with Crippen LogP contribution in [0, 0.1) is 0 Å². The molecule has 1 aromatic heterocycles. The molecule has 0 aliphatic carbocycles. The van der Waals surface area contributed by atoms with E-state index in [9.17, 15) is 4.79 Å². The summed E-state index contributed by atoms with van der Waals surface area (Å²) >= 11 is 0. The summed E-state index contributed by atoms with van der Waals surface area (Å²) < 4.78 is 5.79. The van der Waals surface area contributed by atoms with Crippen molar-refractivity contribution in [3.8, 4) is 5.75 Å². The molecule has 0 atom stereocenters. The molecule has 1 saturated heterocycles. The molecule has 5 nitrogen and oxygen atoms in total. The Labute approximate surface area is 181 Å². The molecule has 0 radical (unpaired) electrons. The number of piperazine rings is 1. The van der Waals surface area contributed by atoms with Gasteiger partial charge in [0, 0.05) is 37.8 Å². The van der Waals surface area contributed by atoms with Crippen molar-refractivity contribution < 1.29 is 9.53 Å². The van der Waals surface area contributed by atoms with Gasteiger partial charge in [-0.25, -0.2) is 0 Å². The zero-order valence-corrected chi connectivity index (χ0v) is 17.6. The highest BCUT2D eigenvalue weighted by molar-refractivity contribution is 6.15. The fourth-order valence-electron chi connectivity index (χ4n) is 4.41. The van der Waals surface area contributed by atoms with E-state index in [4.69, 9.17) is 4.74 Å². The Morgan fingerprint density at radius 1 is 0.935 bits per heavy atom. The second-order valence-corrected chi connectivity index (χ2v) is 7.72. The first-order valence-electron chi connectivity index (χ1n) is 10.8. The van der Waals surface area contributed by atoms with Gasteiger partial charge in [0.2, 0.25) is 0 Å². The largest absolute Gasteiger partial charge is 0.492 e. The Morgan fingerprint density at radius 2 is 1.68 bits per heavy atom. The van der Waals surface area contributed by atoms with Gasteiger partial charge in [0.15, 0.2) is 0 Å². The maximum absolute atomic E-state index is 13.5. The predicted molar refractivity (Wildman–Crippen MR) is 125 cm³/mol. The van der Waals surface area contributed by atoms with Gasteiger partial charge in [0.05, 0.1) is 23.4 Å². The predicted octanol–water partition coefficient (Wildman–Crippen LogP) is 4.75. The van der Waals surface area contributed by atoms with Crippen LogP contribution in [0.15, 0.2) is 72.9 Å². The number of benzene rings is 3. The van der Waals surface area contributed by atoms with E-state index in [-0.39, 0.29) is 5.91 Å². The number of para-hydroxylation sites is 2. The molecule has 1 aliphatic rings. The lowest BCUT2D eigenvalue weighted by molar-refractivity contribution is 0.0748. The van der Waals surface area contributed by atoms with Crippen molar-refractivity contribution in [3.05, 3.63) is 78.5 Å². The molecular weight excluding hydrogens is 386 g/mol. The van der Waals surface area contributed by atoms with Crippen molar-refractivity contribution in [2.75, 3.05) is 37.7 Å². The quantitative estimate of drug-likeness (QED) is 0.455. The Hall–Kier alpha value is -3.60. The van der Waals surface area contributed by atoms with Gasteiger partial charge in [-0.2, -0.15) is 0 Å². The molecule has 5 heteroatoms. The summed E-state index contributed by atoms with van der Waals surface area (Å²) in [5.41, 5.74) is 2.54. The van der Waals surface area contributed by atoms with Gasteiger partial charge in [-0.3, -0.25) is 9.78 Å². The van der Waals surface area contributed by atoms with Crippen molar-refractivity contribution in [2.45, 2.75) is 6.92 Å². The van der Waals surface area contributed by atoms with E-state index in [2.05, 4.69) is 28.1 Å². The number of aromatic nitrogens is 1. The van der Waals surface area contributed by atoms with Gasteiger partial charge in [0.1, 0.15) is 5.75 Å². The molecular formula is C26H25N3O2. The summed E-state index contributed by atoms with van der Waals surface area (Å²) in [5, 5.41) is 3.21. The third-order valence-electron chi connectivity index (χ3n) is 5.92. The summed E-state index contributed by atoms with van der Waals surface area (Å²) in [6.07, 6.45) is 1.76. The second-order valence-electron chi connectivity index (χ2n) is 7.72. The SMILES string of the molecule is CCOc1ccccc1N1CCN(C(=O)c2cc3ccccc3c3cccnc23)CC1.